The first-order valence-corrected chi connectivity index (χ1v) is 9.92. The number of carbonyl (C=O) groups excluding carboxylic acids is 3. The SMILES string of the molecule is NCc1cccc(CNC(=O)c2ccc3c(c2)NC(=O)CN3C(=O)c2ccccc2)c1. The molecule has 3 aromatic carbocycles. The van der Waals surface area contributed by atoms with Gasteiger partial charge in [0.05, 0.1) is 11.4 Å². The van der Waals surface area contributed by atoms with Gasteiger partial charge in [-0.15, -0.1) is 0 Å². The highest BCUT2D eigenvalue weighted by atomic mass is 16.2. The molecule has 7 nitrogen and oxygen atoms in total. The number of nitrogens with zero attached hydrogens (tertiary/aromatic N) is 1. The van der Waals surface area contributed by atoms with Gasteiger partial charge in [-0.1, -0.05) is 42.5 Å². The van der Waals surface area contributed by atoms with Crippen molar-refractivity contribution in [1.29, 1.82) is 0 Å². The Labute approximate surface area is 179 Å². The zero-order valence-corrected chi connectivity index (χ0v) is 16.8. The maximum Gasteiger partial charge on any atom is 0.258 e. The highest BCUT2D eigenvalue weighted by molar-refractivity contribution is 6.15. The lowest BCUT2D eigenvalue weighted by Crippen LogP contribution is -2.42. The van der Waals surface area contributed by atoms with Gasteiger partial charge in [0.15, 0.2) is 0 Å². The molecule has 3 aromatic rings. The second kappa shape index (κ2) is 8.81. The standard InChI is InChI=1S/C24H22N4O3/c25-13-16-5-4-6-17(11-16)14-26-23(30)19-9-10-21-20(12-19)27-22(29)15-28(21)24(31)18-7-2-1-3-8-18/h1-12H,13-15,25H2,(H,26,30)(H,27,29). The molecule has 7 heteroatoms. The Morgan fingerprint density at radius 2 is 1.71 bits per heavy atom. The lowest BCUT2D eigenvalue weighted by atomic mass is 10.1. The molecule has 0 bridgehead atoms. The van der Waals surface area contributed by atoms with Crippen LogP contribution in [0.5, 0.6) is 0 Å². The van der Waals surface area contributed by atoms with Crippen LogP contribution < -0.4 is 21.3 Å². The second-order valence-electron chi connectivity index (χ2n) is 7.24. The van der Waals surface area contributed by atoms with Crippen molar-refractivity contribution in [3.63, 3.8) is 0 Å². The number of nitrogens with two attached hydrogens (primary N) is 1. The Morgan fingerprint density at radius 3 is 2.48 bits per heavy atom. The summed E-state index contributed by atoms with van der Waals surface area (Å²) in [6.07, 6.45) is 0. The molecule has 3 amide bonds. The number of benzene rings is 3. The molecule has 4 rings (SSSR count). The summed E-state index contributed by atoms with van der Waals surface area (Å²) < 4.78 is 0. The van der Waals surface area contributed by atoms with Crippen molar-refractivity contribution in [3.05, 3.63) is 95.1 Å². The zero-order valence-electron chi connectivity index (χ0n) is 16.8. The van der Waals surface area contributed by atoms with E-state index in [1.54, 1.807) is 42.5 Å². The molecule has 0 atom stereocenters. The Kier molecular flexibility index (Phi) is 5.77. The molecule has 0 saturated carbocycles. The van der Waals surface area contributed by atoms with Crippen molar-refractivity contribution >= 4 is 29.1 Å². The number of hydrogen-bond acceptors (Lipinski definition) is 4. The average Bonchev–Trinajstić information content (AvgIpc) is 2.81. The van der Waals surface area contributed by atoms with E-state index in [9.17, 15) is 14.4 Å². The monoisotopic (exact) mass is 414 g/mol. The third-order valence-electron chi connectivity index (χ3n) is 5.07. The fraction of sp³-hybridized carbons (Fsp3) is 0.125. The smallest absolute Gasteiger partial charge is 0.258 e. The summed E-state index contributed by atoms with van der Waals surface area (Å²) in [5.74, 6) is -0.858. The van der Waals surface area contributed by atoms with Gasteiger partial charge in [-0.25, -0.2) is 0 Å². The minimum Gasteiger partial charge on any atom is -0.348 e. The Balaban J connectivity index is 1.53. The summed E-state index contributed by atoms with van der Waals surface area (Å²) in [6.45, 7) is 0.711. The summed E-state index contributed by atoms with van der Waals surface area (Å²) in [5, 5.41) is 5.63. The van der Waals surface area contributed by atoms with Crippen LogP contribution >= 0.6 is 0 Å². The molecule has 1 aliphatic rings. The van der Waals surface area contributed by atoms with Crippen LogP contribution in [0, 0.1) is 0 Å². The van der Waals surface area contributed by atoms with Crippen LogP contribution in [0.2, 0.25) is 0 Å². The van der Waals surface area contributed by atoms with Crippen LogP contribution in [-0.4, -0.2) is 24.3 Å². The highest BCUT2D eigenvalue weighted by Crippen LogP contribution is 2.31. The average molecular weight is 414 g/mol. The van der Waals surface area contributed by atoms with E-state index in [1.807, 2.05) is 30.3 Å². The summed E-state index contributed by atoms with van der Waals surface area (Å²) in [5.41, 5.74) is 9.47. The van der Waals surface area contributed by atoms with Gasteiger partial charge in [0.1, 0.15) is 6.54 Å². The van der Waals surface area contributed by atoms with E-state index in [0.29, 0.717) is 35.6 Å². The summed E-state index contributed by atoms with van der Waals surface area (Å²) >= 11 is 0. The Bertz CT molecular complexity index is 1140. The third kappa shape index (κ3) is 4.46. The number of hydrogen-bond donors (Lipinski definition) is 3. The van der Waals surface area contributed by atoms with Crippen LogP contribution in [0.1, 0.15) is 31.8 Å². The van der Waals surface area contributed by atoms with Gasteiger partial charge >= 0.3 is 0 Å². The third-order valence-corrected chi connectivity index (χ3v) is 5.07. The normalized spacial score (nSPS) is 12.7. The van der Waals surface area contributed by atoms with Gasteiger partial charge < -0.3 is 16.4 Å². The molecule has 4 N–H and O–H groups in total. The van der Waals surface area contributed by atoms with Crippen molar-refractivity contribution in [2.75, 3.05) is 16.8 Å². The lowest BCUT2D eigenvalue weighted by molar-refractivity contribution is -0.115. The maximum absolute atomic E-state index is 12.9. The van der Waals surface area contributed by atoms with E-state index in [1.165, 1.54) is 4.90 Å². The van der Waals surface area contributed by atoms with Gasteiger partial charge in [-0.2, -0.15) is 0 Å². The van der Waals surface area contributed by atoms with Crippen LogP contribution in [0.15, 0.2) is 72.8 Å². The number of anilines is 2. The zero-order chi connectivity index (χ0) is 21.8. The predicted octanol–water partition coefficient (Wildman–Crippen LogP) is 2.67. The van der Waals surface area contributed by atoms with Crippen LogP contribution in [0.4, 0.5) is 11.4 Å². The lowest BCUT2D eigenvalue weighted by Gasteiger charge is -2.29. The molecule has 31 heavy (non-hydrogen) atoms. The molecule has 0 spiro atoms. The molecule has 0 aliphatic carbocycles. The van der Waals surface area contributed by atoms with Gasteiger partial charge in [-0.05, 0) is 41.5 Å². The second-order valence-corrected chi connectivity index (χ2v) is 7.24. The van der Waals surface area contributed by atoms with E-state index in [0.717, 1.165) is 11.1 Å². The number of carbonyl (C=O) groups is 3. The topological polar surface area (TPSA) is 105 Å². The molecule has 1 heterocycles. The van der Waals surface area contributed by atoms with E-state index in [-0.39, 0.29) is 24.3 Å². The van der Waals surface area contributed by atoms with Crippen molar-refractivity contribution in [2.45, 2.75) is 13.1 Å². The maximum atomic E-state index is 12.9. The Hall–Kier alpha value is -3.97. The van der Waals surface area contributed by atoms with E-state index >= 15 is 0 Å². The summed E-state index contributed by atoms with van der Waals surface area (Å²) in [6, 6.07) is 21.4. The van der Waals surface area contributed by atoms with Gasteiger partial charge in [0.2, 0.25) is 5.91 Å². The quantitative estimate of drug-likeness (QED) is 0.597. The first kappa shape index (κ1) is 20.3. The largest absolute Gasteiger partial charge is 0.348 e. The van der Waals surface area contributed by atoms with Crippen LogP contribution in [0.25, 0.3) is 0 Å². The number of nitrogens with one attached hydrogen (secondary N) is 2. The van der Waals surface area contributed by atoms with Crippen molar-refractivity contribution in [2.24, 2.45) is 5.73 Å². The highest BCUT2D eigenvalue weighted by Gasteiger charge is 2.28. The van der Waals surface area contributed by atoms with Crippen molar-refractivity contribution < 1.29 is 14.4 Å². The molecule has 0 fully saturated rings. The van der Waals surface area contributed by atoms with Gasteiger partial charge in [-0.3, -0.25) is 19.3 Å². The number of fused-ring (bicyclic) bond motifs is 1. The molecule has 0 unspecified atom stereocenters. The molecule has 1 aliphatic heterocycles. The van der Waals surface area contributed by atoms with Crippen LogP contribution in [0.3, 0.4) is 0 Å². The molecule has 156 valence electrons. The number of amides is 3. The van der Waals surface area contributed by atoms with E-state index in [2.05, 4.69) is 10.6 Å². The Morgan fingerprint density at radius 1 is 0.935 bits per heavy atom. The first-order valence-electron chi connectivity index (χ1n) is 9.92. The van der Waals surface area contributed by atoms with Gasteiger partial charge in [0.25, 0.3) is 11.8 Å². The predicted molar refractivity (Wildman–Crippen MR) is 119 cm³/mol. The minimum atomic E-state index is -0.312. The molecular formula is C24H22N4O3. The first-order chi connectivity index (χ1) is 15.0. The minimum absolute atomic E-state index is 0.0796. The summed E-state index contributed by atoms with van der Waals surface area (Å²) in [7, 11) is 0. The van der Waals surface area contributed by atoms with Crippen molar-refractivity contribution in [3.8, 4) is 0 Å². The van der Waals surface area contributed by atoms with Crippen molar-refractivity contribution in [1.82, 2.24) is 5.32 Å². The van der Waals surface area contributed by atoms with E-state index in [4.69, 9.17) is 5.73 Å². The molecule has 0 aromatic heterocycles. The fourth-order valence-corrected chi connectivity index (χ4v) is 3.50. The fourth-order valence-electron chi connectivity index (χ4n) is 3.50. The molecule has 0 saturated heterocycles. The van der Waals surface area contributed by atoms with E-state index < -0.39 is 0 Å². The van der Waals surface area contributed by atoms with Crippen LogP contribution in [-0.2, 0) is 17.9 Å². The summed E-state index contributed by atoms with van der Waals surface area (Å²) in [4.78, 5) is 39.2. The molecule has 0 radical (unpaired) electrons. The van der Waals surface area contributed by atoms with Gasteiger partial charge in [0, 0.05) is 24.2 Å². The number of rotatable bonds is 5. The molecular weight excluding hydrogens is 392 g/mol.